The first kappa shape index (κ1) is 10.3. The first-order valence-electron chi connectivity index (χ1n) is 4.24. The van der Waals surface area contributed by atoms with Crippen molar-refractivity contribution in [1.82, 2.24) is 10.3 Å². The van der Waals surface area contributed by atoms with Gasteiger partial charge < -0.3 is 15.6 Å². The van der Waals surface area contributed by atoms with E-state index in [2.05, 4.69) is 15.6 Å². The van der Waals surface area contributed by atoms with Crippen LogP contribution >= 0.6 is 0 Å². The number of aromatic nitrogens is 1. The van der Waals surface area contributed by atoms with Crippen molar-refractivity contribution in [1.29, 1.82) is 0 Å². The quantitative estimate of drug-likeness (QED) is 0.626. The van der Waals surface area contributed by atoms with Crippen molar-refractivity contribution in [3.8, 4) is 0 Å². The summed E-state index contributed by atoms with van der Waals surface area (Å²) in [4.78, 5) is 25.8. The Hall–Kier alpha value is -1.78. The maximum atomic E-state index is 11.5. The molecule has 1 heterocycles. The molecule has 1 aromatic heterocycles. The van der Waals surface area contributed by atoms with Crippen LogP contribution < -0.4 is 16.1 Å². The van der Waals surface area contributed by atoms with E-state index in [1.807, 2.05) is 0 Å². The SMILES string of the molecule is CNC(=O)c1c(NC)[nH]c(C)cc1=O. The number of carbonyl (C=O) groups excluding carboxylic acids is 1. The Morgan fingerprint density at radius 2 is 2.07 bits per heavy atom. The van der Waals surface area contributed by atoms with Gasteiger partial charge in [0, 0.05) is 25.9 Å². The molecule has 5 heteroatoms. The molecule has 0 aliphatic carbocycles. The summed E-state index contributed by atoms with van der Waals surface area (Å²) in [6.45, 7) is 1.76. The summed E-state index contributed by atoms with van der Waals surface area (Å²) in [5.74, 6) is 0.0463. The predicted molar refractivity (Wildman–Crippen MR) is 54.7 cm³/mol. The first-order chi connectivity index (χ1) is 6.60. The van der Waals surface area contributed by atoms with Crippen molar-refractivity contribution in [2.75, 3.05) is 19.4 Å². The largest absolute Gasteiger partial charge is 0.374 e. The second-order valence-corrected chi connectivity index (χ2v) is 2.90. The molecule has 1 rings (SSSR count). The number of amides is 1. The molecule has 0 aliphatic heterocycles. The van der Waals surface area contributed by atoms with Crippen molar-refractivity contribution < 1.29 is 4.79 Å². The van der Waals surface area contributed by atoms with Crippen LogP contribution in [-0.4, -0.2) is 25.0 Å². The zero-order valence-electron chi connectivity index (χ0n) is 8.39. The Morgan fingerprint density at radius 1 is 1.43 bits per heavy atom. The van der Waals surface area contributed by atoms with Gasteiger partial charge in [0.25, 0.3) is 5.91 Å². The lowest BCUT2D eigenvalue weighted by Crippen LogP contribution is -2.27. The monoisotopic (exact) mass is 195 g/mol. The van der Waals surface area contributed by atoms with Crippen LogP contribution in [0.15, 0.2) is 10.9 Å². The highest BCUT2D eigenvalue weighted by Gasteiger charge is 2.14. The summed E-state index contributed by atoms with van der Waals surface area (Å²) in [5, 5.41) is 5.19. The highest BCUT2D eigenvalue weighted by atomic mass is 16.2. The van der Waals surface area contributed by atoms with Crippen molar-refractivity contribution >= 4 is 11.7 Å². The van der Waals surface area contributed by atoms with Crippen LogP contribution in [0.1, 0.15) is 16.1 Å². The van der Waals surface area contributed by atoms with Crippen molar-refractivity contribution in [3.05, 3.63) is 27.5 Å². The number of hydrogen-bond acceptors (Lipinski definition) is 3. The van der Waals surface area contributed by atoms with Crippen molar-refractivity contribution in [2.45, 2.75) is 6.92 Å². The molecule has 76 valence electrons. The van der Waals surface area contributed by atoms with Crippen LogP contribution in [0.5, 0.6) is 0 Å². The Kier molecular flexibility index (Phi) is 2.91. The molecule has 0 fully saturated rings. The molecule has 0 aromatic carbocycles. The van der Waals surface area contributed by atoms with Gasteiger partial charge in [0.1, 0.15) is 11.4 Å². The minimum absolute atomic E-state index is 0.112. The van der Waals surface area contributed by atoms with Gasteiger partial charge >= 0.3 is 0 Å². The molecule has 0 spiro atoms. The molecule has 0 bridgehead atoms. The second-order valence-electron chi connectivity index (χ2n) is 2.90. The van der Waals surface area contributed by atoms with Gasteiger partial charge in [0.2, 0.25) is 0 Å². The number of aromatic amines is 1. The lowest BCUT2D eigenvalue weighted by molar-refractivity contribution is 0.0962. The highest BCUT2D eigenvalue weighted by Crippen LogP contribution is 2.07. The number of hydrogen-bond donors (Lipinski definition) is 3. The lowest BCUT2D eigenvalue weighted by Gasteiger charge is -2.07. The molecule has 1 amide bonds. The molecule has 0 aliphatic rings. The second kappa shape index (κ2) is 3.95. The molecule has 5 nitrogen and oxygen atoms in total. The number of pyridine rings is 1. The molecular formula is C9H13N3O2. The van der Waals surface area contributed by atoms with E-state index in [-0.39, 0.29) is 11.0 Å². The summed E-state index contributed by atoms with van der Waals surface area (Å²) in [6.07, 6.45) is 0. The number of carbonyl (C=O) groups is 1. The maximum Gasteiger partial charge on any atom is 0.258 e. The topological polar surface area (TPSA) is 74.0 Å². The number of nitrogens with one attached hydrogen (secondary N) is 3. The van der Waals surface area contributed by atoms with Crippen LogP contribution in [0.3, 0.4) is 0 Å². The Bertz CT molecular complexity index is 409. The molecule has 0 saturated carbocycles. The van der Waals surface area contributed by atoms with Gasteiger partial charge in [-0.1, -0.05) is 0 Å². The molecule has 0 saturated heterocycles. The summed E-state index contributed by atoms with van der Waals surface area (Å²) in [5.41, 5.74) is 0.539. The maximum absolute atomic E-state index is 11.5. The van der Waals surface area contributed by atoms with Gasteiger partial charge in [0.05, 0.1) is 0 Å². The van der Waals surface area contributed by atoms with Crippen LogP contribution in [0.4, 0.5) is 5.82 Å². The van der Waals surface area contributed by atoms with E-state index >= 15 is 0 Å². The lowest BCUT2D eigenvalue weighted by atomic mass is 10.2. The average Bonchev–Trinajstić information content (AvgIpc) is 2.15. The van der Waals surface area contributed by atoms with Crippen molar-refractivity contribution in [3.63, 3.8) is 0 Å². The van der Waals surface area contributed by atoms with Crippen LogP contribution in [0, 0.1) is 6.92 Å². The van der Waals surface area contributed by atoms with E-state index in [0.29, 0.717) is 11.5 Å². The number of rotatable bonds is 2. The van der Waals surface area contributed by atoms with Crippen LogP contribution in [0.25, 0.3) is 0 Å². The molecule has 0 unspecified atom stereocenters. The summed E-state index contributed by atoms with van der Waals surface area (Å²) < 4.78 is 0. The van der Waals surface area contributed by atoms with Gasteiger partial charge in [-0.05, 0) is 6.92 Å². The van der Waals surface area contributed by atoms with Gasteiger partial charge in [-0.15, -0.1) is 0 Å². The van der Waals surface area contributed by atoms with E-state index in [0.717, 1.165) is 0 Å². The molecule has 1 aromatic rings. The summed E-state index contributed by atoms with van der Waals surface area (Å²) in [6, 6.07) is 1.39. The summed E-state index contributed by atoms with van der Waals surface area (Å²) >= 11 is 0. The van der Waals surface area contributed by atoms with Gasteiger partial charge in [0.15, 0.2) is 5.43 Å². The third-order valence-electron chi connectivity index (χ3n) is 1.87. The van der Waals surface area contributed by atoms with E-state index in [1.54, 1.807) is 14.0 Å². The van der Waals surface area contributed by atoms with Gasteiger partial charge in [-0.25, -0.2) is 0 Å². The normalized spacial score (nSPS) is 9.64. The zero-order valence-corrected chi connectivity index (χ0v) is 8.39. The molecule has 0 atom stereocenters. The van der Waals surface area contributed by atoms with Crippen LogP contribution in [0.2, 0.25) is 0 Å². The minimum Gasteiger partial charge on any atom is -0.374 e. The van der Waals surface area contributed by atoms with Gasteiger partial charge in [-0.3, -0.25) is 9.59 Å². The summed E-state index contributed by atoms with van der Waals surface area (Å²) in [7, 11) is 3.14. The average molecular weight is 195 g/mol. The first-order valence-corrected chi connectivity index (χ1v) is 4.24. The Morgan fingerprint density at radius 3 is 2.57 bits per heavy atom. The zero-order chi connectivity index (χ0) is 10.7. The smallest absolute Gasteiger partial charge is 0.258 e. The van der Waals surface area contributed by atoms with E-state index in [4.69, 9.17) is 0 Å². The van der Waals surface area contributed by atoms with Gasteiger partial charge in [-0.2, -0.15) is 0 Å². The van der Waals surface area contributed by atoms with E-state index in [9.17, 15) is 9.59 Å². The fourth-order valence-corrected chi connectivity index (χ4v) is 1.23. The predicted octanol–water partition coefficient (Wildman–Crippen LogP) is 0.0846. The third kappa shape index (κ3) is 1.76. The van der Waals surface area contributed by atoms with E-state index in [1.165, 1.54) is 13.1 Å². The molecule has 14 heavy (non-hydrogen) atoms. The number of anilines is 1. The highest BCUT2D eigenvalue weighted by molar-refractivity contribution is 5.98. The number of aryl methyl sites for hydroxylation is 1. The fraction of sp³-hybridized carbons (Fsp3) is 0.333. The molecule has 0 radical (unpaired) electrons. The molecule has 3 N–H and O–H groups in total. The Balaban J connectivity index is 3.40. The standard InChI is InChI=1S/C9H13N3O2/c1-5-4-6(13)7(9(14)11-3)8(10-2)12-5/h4H,1-3H3,(H,11,14)(H2,10,12,13). The Labute approximate surface area is 81.5 Å². The number of H-pyrrole nitrogens is 1. The fourth-order valence-electron chi connectivity index (χ4n) is 1.23. The minimum atomic E-state index is -0.393. The van der Waals surface area contributed by atoms with Crippen molar-refractivity contribution in [2.24, 2.45) is 0 Å². The van der Waals surface area contributed by atoms with E-state index < -0.39 is 5.91 Å². The van der Waals surface area contributed by atoms with Crippen LogP contribution in [-0.2, 0) is 0 Å². The third-order valence-corrected chi connectivity index (χ3v) is 1.87. The molecular weight excluding hydrogens is 182 g/mol.